The van der Waals surface area contributed by atoms with Gasteiger partial charge in [0.1, 0.15) is 23.2 Å². The molecule has 0 aliphatic rings. The molecule has 4 rings (SSSR count). The van der Waals surface area contributed by atoms with Gasteiger partial charge in [-0.2, -0.15) is 0 Å². The fourth-order valence-electron chi connectivity index (χ4n) is 2.90. The van der Waals surface area contributed by atoms with Crippen molar-refractivity contribution in [3.05, 3.63) is 65.2 Å². The van der Waals surface area contributed by atoms with E-state index in [9.17, 15) is 4.39 Å². The third kappa shape index (κ3) is 5.55. The van der Waals surface area contributed by atoms with E-state index >= 15 is 0 Å². The zero-order valence-electron chi connectivity index (χ0n) is 18.0. The van der Waals surface area contributed by atoms with Crippen molar-refractivity contribution in [1.29, 1.82) is 0 Å². The summed E-state index contributed by atoms with van der Waals surface area (Å²) < 4.78 is 31.0. The summed E-state index contributed by atoms with van der Waals surface area (Å²) in [4.78, 5) is 4.71. The molecule has 0 atom stereocenters. The van der Waals surface area contributed by atoms with Crippen molar-refractivity contribution in [2.45, 2.75) is 24.4 Å². The first-order valence-corrected chi connectivity index (χ1v) is 11.9. The second-order valence-corrected chi connectivity index (χ2v) is 8.54. The molecule has 172 valence electrons. The molecule has 2 N–H and O–H groups in total. The van der Waals surface area contributed by atoms with E-state index in [2.05, 4.69) is 10.2 Å². The monoisotopic (exact) mass is 487 g/mol. The van der Waals surface area contributed by atoms with Gasteiger partial charge in [0.05, 0.1) is 19.4 Å². The highest BCUT2D eigenvalue weighted by molar-refractivity contribution is 7.98. The highest BCUT2D eigenvalue weighted by atomic mass is 32.2. The Kier molecular flexibility index (Phi) is 7.30. The van der Waals surface area contributed by atoms with Crippen molar-refractivity contribution in [3.8, 4) is 27.8 Å². The third-order valence-electron chi connectivity index (χ3n) is 4.53. The zero-order valence-corrected chi connectivity index (χ0v) is 19.7. The van der Waals surface area contributed by atoms with Crippen LogP contribution in [0.1, 0.15) is 18.4 Å². The van der Waals surface area contributed by atoms with E-state index in [1.54, 1.807) is 30.6 Å². The smallest absolute Gasteiger partial charge is 0.210 e. The lowest BCUT2D eigenvalue weighted by Crippen LogP contribution is -2.15. The number of hydrogen-bond acceptors (Lipinski definition) is 9. The molecule has 4 aromatic rings. The summed E-state index contributed by atoms with van der Waals surface area (Å²) in [7, 11) is 1.62. The first-order chi connectivity index (χ1) is 16.1. The number of nitrogens with zero attached hydrogens (tertiary/aromatic N) is 4. The maximum atomic E-state index is 13.0. The number of methoxy groups -OCH3 is 1. The van der Waals surface area contributed by atoms with Crippen LogP contribution in [-0.4, -0.2) is 33.6 Å². The SMILES string of the molecule is CCOc1ccc(-c2nc(CSc3nnc(COc4ccc(F)cc4)n3N)cs2)cc1OC. The molecule has 2 aromatic carbocycles. The first-order valence-electron chi connectivity index (χ1n) is 10.0. The predicted octanol–water partition coefficient (Wildman–Crippen LogP) is 4.53. The summed E-state index contributed by atoms with van der Waals surface area (Å²) in [6, 6.07) is 11.5. The normalized spacial score (nSPS) is 10.9. The fourth-order valence-corrected chi connectivity index (χ4v) is 4.59. The van der Waals surface area contributed by atoms with Gasteiger partial charge in [-0.05, 0) is 49.4 Å². The van der Waals surface area contributed by atoms with Crippen LogP contribution < -0.4 is 20.1 Å². The fraction of sp³-hybridized carbons (Fsp3) is 0.227. The number of ether oxygens (including phenoxy) is 3. The van der Waals surface area contributed by atoms with Crippen LogP contribution in [0, 0.1) is 5.82 Å². The molecule has 0 unspecified atom stereocenters. The van der Waals surface area contributed by atoms with E-state index in [-0.39, 0.29) is 12.4 Å². The molecule has 0 amide bonds. The van der Waals surface area contributed by atoms with Crippen LogP contribution in [0.25, 0.3) is 10.6 Å². The molecule has 8 nitrogen and oxygen atoms in total. The van der Waals surface area contributed by atoms with Crippen molar-refractivity contribution < 1.29 is 18.6 Å². The lowest BCUT2D eigenvalue weighted by Gasteiger charge is -2.09. The Morgan fingerprint density at radius 2 is 1.91 bits per heavy atom. The van der Waals surface area contributed by atoms with Gasteiger partial charge in [-0.3, -0.25) is 0 Å². The van der Waals surface area contributed by atoms with Gasteiger partial charge in [0.2, 0.25) is 5.16 Å². The number of nitrogen functional groups attached to an aromatic ring is 1. The molecule has 0 bridgehead atoms. The number of rotatable bonds is 10. The van der Waals surface area contributed by atoms with Gasteiger partial charge in [-0.15, -0.1) is 21.5 Å². The number of hydrogen-bond donors (Lipinski definition) is 1. The number of thiazole rings is 1. The molecule has 0 saturated heterocycles. The predicted molar refractivity (Wildman–Crippen MR) is 126 cm³/mol. The second kappa shape index (κ2) is 10.5. The van der Waals surface area contributed by atoms with Crippen molar-refractivity contribution >= 4 is 23.1 Å². The number of halogens is 1. The minimum Gasteiger partial charge on any atom is -0.493 e. The maximum absolute atomic E-state index is 13.0. The molecule has 2 heterocycles. The van der Waals surface area contributed by atoms with Gasteiger partial charge in [0, 0.05) is 16.7 Å². The van der Waals surface area contributed by atoms with Crippen LogP contribution in [0.15, 0.2) is 53.0 Å². The minimum atomic E-state index is -0.324. The van der Waals surface area contributed by atoms with Gasteiger partial charge < -0.3 is 20.1 Å². The number of thioether (sulfide) groups is 1. The molecule has 0 aliphatic heterocycles. The average Bonchev–Trinajstić information content (AvgIpc) is 3.44. The highest BCUT2D eigenvalue weighted by Crippen LogP contribution is 2.34. The second-order valence-electron chi connectivity index (χ2n) is 6.74. The Morgan fingerprint density at radius 3 is 2.67 bits per heavy atom. The summed E-state index contributed by atoms with van der Waals surface area (Å²) >= 11 is 2.98. The van der Waals surface area contributed by atoms with E-state index in [1.165, 1.54) is 28.6 Å². The average molecular weight is 488 g/mol. The Hall–Kier alpha value is -3.31. The van der Waals surface area contributed by atoms with Crippen LogP contribution in [0.4, 0.5) is 4.39 Å². The molecule has 11 heteroatoms. The van der Waals surface area contributed by atoms with Crippen molar-refractivity contribution in [2.75, 3.05) is 19.6 Å². The van der Waals surface area contributed by atoms with Gasteiger partial charge in [-0.1, -0.05) is 11.8 Å². The van der Waals surface area contributed by atoms with E-state index in [4.69, 9.17) is 25.0 Å². The van der Waals surface area contributed by atoms with Gasteiger partial charge >= 0.3 is 0 Å². The largest absolute Gasteiger partial charge is 0.493 e. The Bertz CT molecular complexity index is 1210. The van der Waals surface area contributed by atoms with Crippen molar-refractivity contribution in [3.63, 3.8) is 0 Å². The molecule has 0 saturated carbocycles. The third-order valence-corrected chi connectivity index (χ3v) is 6.44. The molecule has 0 fully saturated rings. The number of benzene rings is 2. The Labute approximate surface area is 198 Å². The molecule has 33 heavy (non-hydrogen) atoms. The maximum Gasteiger partial charge on any atom is 0.210 e. The topological polar surface area (TPSA) is 97.3 Å². The Balaban J connectivity index is 1.37. The van der Waals surface area contributed by atoms with Crippen LogP contribution in [0.3, 0.4) is 0 Å². The molecule has 0 radical (unpaired) electrons. The van der Waals surface area contributed by atoms with Gasteiger partial charge in [-0.25, -0.2) is 14.1 Å². The summed E-state index contributed by atoms with van der Waals surface area (Å²) in [5, 5.41) is 11.6. The van der Waals surface area contributed by atoms with Gasteiger partial charge in [0.15, 0.2) is 17.3 Å². The standard InChI is InChI=1S/C22H22FN5O3S2/c1-3-30-18-9-4-14(10-19(18)29-2)21-25-16(12-32-21)13-33-22-27-26-20(28(22)24)11-31-17-7-5-15(23)6-8-17/h4-10,12H,3,11,13,24H2,1-2H3. The lowest BCUT2D eigenvalue weighted by atomic mass is 10.2. The number of nitrogens with two attached hydrogens (primary N) is 1. The molecular formula is C22H22FN5O3S2. The highest BCUT2D eigenvalue weighted by Gasteiger charge is 2.14. The summed E-state index contributed by atoms with van der Waals surface area (Å²) in [5.74, 6) is 8.73. The van der Waals surface area contributed by atoms with Gasteiger partial charge in [0.25, 0.3) is 0 Å². The summed E-state index contributed by atoms with van der Waals surface area (Å²) in [6.45, 7) is 2.62. The minimum absolute atomic E-state index is 0.121. The summed E-state index contributed by atoms with van der Waals surface area (Å²) in [6.07, 6.45) is 0. The molecular weight excluding hydrogens is 465 g/mol. The lowest BCUT2D eigenvalue weighted by molar-refractivity contribution is 0.291. The molecule has 0 aliphatic carbocycles. The first kappa shape index (κ1) is 22.9. The van der Waals surface area contributed by atoms with E-state index in [0.29, 0.717) is 40.6 Å². The molecule has 0 spiro atoms. The Morgan fingerprint density at radius 1 is 1.09 bits per heavy atom. The van der Waals surface area contributed by atoms with Crippen LogP contribution in [0.5, 0.6) is 17.2 Å². The van der Waals surface area contributed by atoms with Crippen LogP contribution >= 0.6 is 23.1 Å². The zero-order chi connectivity index (χ0) is 23.2. The van der Waals surface area contributed by atoms with Crippen LogP contribution in [0.2, 0.25) is 0 Å². The van der Waals surface area contributed by atoms with E-state index < -0.39 is 0 Å². The quantitative estimate of drug-likeness (QED) is 0.257. The van der Waals surface area contributed by atoms with Crippen molar-refractivity contribution in [1.82, 2.24) is 19.9 Å². The number of aromatic nitrogens is 4. The van der Waals surface area contributed by atoms with E-state index in [1.807, 2.05) is 30.5 Å². The van der Waals surface area contributed by atoms with Crippen LogP contribution in [-0.2, 0) is 12.4 Å². The molecule has 2 aromatic heterocycles. The van der Waals surface area contributed by atoms with E-state index in [0.717, 1.165) is 16.3 Å². The summed E-state index contributed by atoms with van der Waals surface area (Å²) in [5.41, 5.74) is 1.86. The van der Waals surface area contributed by atoms with Crippen molar-refractivity contribution in [2.24, 2.45) is 0 Å².